The molecule has 0 saturated carbocycles. The van der Waals surface area contributed by atoms with Crippen LogP contribution in [0.25, 0.3) is 0 Å². The Morgan fingerprint density at radius 3 is 1.24 bits per heavy atom. The number of likely N-dealkylation sites (tertiary alicyclic amines) is 1. The number of nitrogens with zero attached hydrogens (tertiary/aromatic N) is 1. The van der Waals surface area contributed by atoms with Crippen LogP contribution in [0.15, 0.2) is 24.3 Å². The molecule has 0 N–H and O–H groups in total. The van der Waals surface area contributed by atoms with Crippen molar-refractivity contribution in [2.24, 2.45) is 0 Å². The molecular weight excluding hydrogens is 478 g/mol. The van der Waals surface area contributed by atoms with Gasteiger partial charge in [0.1, 0.15) is 0 Å². The van der Waals surface area contributed by atoms with Gasteiger partial charge in [0.25, 0.3) is 0 Å². The van der Waals surface area contributed by atoms with E-state index in [9.17, 15) is 9.59 Å². The van der Waals surface area contributed by atoms with E-state index in [4.69, 9.17) is 28.4 Å². The van der Waals surface area contributed by atoms with E-state index in [0.717, 1.165) is 19.3 Å². The zero-order chi connectivity index (χ0) is 27.1. The Hall–Kier alpha value is -3.46. The molecule has 0 bridgehead atoms. The first-order valence-electron chi connectivity index (χ1n) is 12.2. The molecule has 2 aromatic carbocycles. The maximum absolute atomic E-state index is 13.3. The minimum absolute atomic E-state index is 0.0121. The molecule has 2 atom stereocenters. The summed E-state index contributed by atoms with van der Waals surface area (Å²) in [6, 6.07) is 6.74. The lowest BCUT2D eigenvalue weighted by Gasteiger charge is -2.39. The number of ketones is 2. The summed E-state index contributed by atoms with van der Waals surface area (Å²) in [7, 11) is 11.1. The second kappa shape index (κ2) is 12.7. The SMILES string of the molecule is COc1cc(C(=O)CC2CCCC(CC(=O)c3cc(OC)c(OC)c(OC)c3)N2C)cc(OC)c1OC. The van der Waals surface area contributed by atoms with Crippen LogP contribution in [-0.2, 0) is 0 Å². The second-order valence-corrected chi connectivity index (χ2v) is 8.99. The molecule has 37 heavy (non-hydrogen) atoms. The van der Waals surface area contributed by atoms with Gasteiger partial charge in [-0.1, -0.05) is 6.42 Å². The highest BCUT2D eigenvalue weighted by molar-refractivity contribution is 5.98. The van der Waals surface area contributed by atoms with Gasteiger partial charge < -0.3 is 28.4 Å². The van der Waals surface area contributed by atoms with E-state index in [0.29, 0.717) is 58.5 Å². The first-order chi connectivity index (χ1) is 17.8. The van der Waals surface area contributed by atoms with Crippen LogP contribution >= 0.6 is 0 Å². The molecule has 0 radical (unpaired) electrons. The van der Waals surface area contributed by atoms with Crippen LogP contribution < -0.4 is 28.4 Å². The number of methoxy groups -OCH3 is 6. The number of benzene rings is 2. The lowest BCUT2D eigenvalue weighted by molar-refractivity contribution is 0.0723. The summed E-state index contributed by atoms with van der Waals surface area (Å²) in [5.41, 5.74) is 0.997. The van der Waals surface area contributed by atoms with Crippen LogP contribution in [0, 0.1) is 0 Å². The topological polar surface area (TPSA) is 92.8 Å². The van der Waals surface area contributed by atoms with E-state index in [-0.39, 0.29) is 23.7 Å². The average Bonchev–Trinajstić information content (AvgIpc) is 2.92. The Kier molecular flexibility index (Phi) is 9.63. The van der Waals surface area contributed by atoms with E-state index in [1.165, 1.54) is 42.7 Å². The first-order valence-corrected chi connectivity index (χ1v) is 12.2. The molecule has 0 spiro atoms. The predicted molar refractivity (Wildman–Crippen MR) is 139 cm³/mol. The van der Waals surface area contributed by atoms with Crippen LogP contribution in [0.4, 0.5) is 0 Å². The zero-order valence-corrected chi connectivity index (χ0v) is 22.7. The Balaban J connectivity index is 1.74. The van der Waals surface area contributed by atoms with E-state index in [1.807, 2.05) is 7.05 Å². The fraction of sp³-hybridized carbons (Fsp3) is 0.500. The summed E-state index contributed by atoms with van der Waals surface area (Å²) in [6.45, 7) is 0. The molecular formula is C28H37NO8. The van der Waals surface area contributed by atoms with Crippen molar-refractivity contribution in [2.45, 2.75) is 44.2 Å². The summed E-state index contributed by atoms with van der Waals surface area (Å²) < 4.78 is 32.3. The summed E-state index contributed by atoms with van der Waals surface area (Å²) in [5.74, 6) is 2.61. The number of ether oxygens (including phenoxy) is 6. The standard InChI is InChI=1S/C28H37NO8/c1-29-19(15-21(30)17-11-23(32-2)27(36-6)24(12-17)33-3)9-8-10-20(29)16-22(31)18-13-25(34-4)28(37-7)26(14-18)35-5/h11-14,19-20H,8-10,15-16H2,1-7H3. The molecule has 1 heterocycles. The summed E-state index contributed by atoms with van der Waals surface area (Å²) in [6.07, 6.45) is 3.34. The summed E-state index contributed by atoms with van der Waals surface area (Å²) in [5, 5.41) is 0. The van der Waals surface area contributed by atoms with Gasteiger partial charge in [-0.05, 0) is 44.2 Å². The van der Waals surface area contributed by atoms with Crippen LogP contribution in [0.3, 0.4) is 0 Å². The van der Waals surface area contributed by atoms with Gasteiger partial charge in [-0.2, -0.15) is 0 Å². The monoisotopic (exact) mass is 515 g/mol. The molecule has 9 nitrogen and oxygen atoms in total. The fourth-order valence-electron chi connectivity index (χ4n) is 4.93. The molecule has 202 valence electrons. The number of Topliss-reactive ketones (excluding diaryl/α,β-unsaturated/α-hetero) is 2. The number of rotatable bonds is 12. The smallest absolute Gasteiger partial charge is 0.203 e. The van der Waals surface area contributed by atoms with E-state index < -0.39 is 0 Å². The van der Waals surface area contributed by atoms with Gasteiger partial charge in [0.15, 0.2) is 34.6 Å². The molecule has 1 saturated heterocycles. The lowest BCUT2D eigenvalue weighted by atomic mass is 9.88. The highest BCUT2D eigenvalue weighted by Crippen LogP contribution is 2.40. The highest BCUT2D eigenvalue weighted by Gasteiger charge is 2.32. The minimum atomic E-state index is -0.0206. The molecule has 2 aromatic rings. The number of hydrogen-bond acceptors (Lipinski definition) is 9. The fourth-order valence-corrected chi connectivity index (χ4v) is 4.93. The normalized spacial score (nSPS) is 17.6. The van der Waals surface area contributed by atoms with Gasteiger partial charge >= 0.3 is 0 Å². The molecule has 0 amide bonds. The van der Waals surface area contributed by atoms with Crippen molar-refractivity contribution in [2.75, 3.05) is 49.7 Å². The van der Waals surface area contributed by atoms with Crippen molar-refractivity contribution in [3.05, 3.63) is 35.4 Å². The van der Waals surface area contributed by atoms with Gasteiger partial charge in [-0.3, -0.25) is 14.5 Å². The van der Waals surface area contributed by atoms with Crippen molar-refractivity contribution in [3.63, 3.8) is 0 Å². The van der Waals surface area contributed by atoms with Gasteiger partial charge in [-0.25, -0.2) is 0 Å². The van der Waals surface area contributed by atoms with Gasteiger partial charge in [0.2, 0.25) is 11.5 Å². The highest BCUT2D eigenvalue weighted by atomic mass is 16.5. The molecule has 1 aliphatic rings. The summed E-state index contributed by atoms with van der Waals surface area (Å²) in [4.78, 5) is 28.7. The summed E-state index contributed by atoms with van der Waals surface area (Å²) >= 11 is 0. The molecule has 0 aliphatic carbocycles. The van der Waals surface area contributed by atoms with Crippen molar-refractivity contribution < 1.29 is 38.0 Å². The van der Waals surface area contributed by atoms with Crippen LogP contribution in [0.5, 0.6) is 34.5 Å². The average molecular weight is 516 g/mol. The van der Waals surface area contributed by atoms with Crippen LogP contribution in [-0.4, -0.2) is 78.3 Å². The van der Waals surface area contributed by atoms with Crippen molar-refractivity contribution >= 4 is 11.6 Å². The van der Waals surface area contributed by atoms with E-state index >= 15 is 0 Å². The minimum Gasteiger partial charge on any atom is -0.493 e. The zero-order valence-electron chi connectivity index (χ0n) is 22.7. The molecule has 1 fully saturated rings. The van der Waals surface area contributed by atoms with Gasteiger partial charge in [0, 0.05) is 36.1 Å². The Bertz CT molecular complexity index is 980. The Labute approximate surface area is 218 Å². The number of carbonyl (C=O) groups excluding carboxylic acids is 2. The molecule has 3 rings (SSSR count). The number of hydrogen-bond donors (Lipinski definition) is 0. The second-order valence-electron chi connectivity index (χ2n) is 8.99. The lowest BCUT2D eigenvalue weighted by Crippen LogP contribution is -2.45. The maximum atomic E-state index is 13.3. The van der Waals surface area contributed by atoms with Crippen LogP contribution in [0.2, 0.25) is 0 Å². The molecule has 9 heteroatoms. The predicted octanol–water partition coefficient (Wildman–Crippen LogP) is 4.44. The van der Waals surface area contributed by atoms with Gasteiger partial charge in [0.05, 0.1) is 42.7 Å². The third-order valence-electron chi connectivity index (χ3n) is 7.04. The molecule has 2 unspecified atom stereocenters. The third kappa shape index (κ3) is 6.10. The number of carbonyl (C=O) groups is 2. The van der Waals surface area contributed by atoms with Crippen molar-refractivity contribution in [1.29, 1.82) is 0 Å². The quantitative estimate of drug-likeness (QED) is 0.381. The van der Waals surface area contributed by atoms with E-state index in [1.54, 1.807) is 24.3 Å². The first kappa shape index (κ1) is 28.1. The Morgan fingerprint density at radius 1 is 0.649 bits per heavy atom. The largest absolute Gasteiger partial charge is 0.493 e. The van der Waals surface area contributed by atoms with Gasteiger partial charge in [-0.15, -0.1) is 0 Å². The van der Waals surface area contributed by atoms with E-state index in [2.05, 4.69) is 4.90 Å². The van der Waals surface area contributed by atoms with Crippen LogP contribution in [0.1, 0.15) is 52.8 Å². The van der Waals surface area contributed by atoms with Crippen molar-refractivity contribution in [3.8, 4) is 34.5 Å². The maximum Gasteiger partial charge on any atom is 0.203 e. The van der Waals surface area contributed by atoms with Crippen molar-refractivity contribution in [1.82, 2.24) is 4.90 Å². The molecule has 1 aliphatic heterocycles. The third-order valence-corrected chi connectivity index (χ3v) is 7.04. The Morgan fingerprint density at radius 2 is 0.973 bits per heavy atom. The molecule has 0 aromatic heterocycles. The number of piperidine rings is 1.